The van der Waals surface area contributed by atoms with E-state index in [-0.39, 0.29) is 0 Å². The molecule has 1 fully saturated rings. The van der Waals surface area contributed by atoms with Gasteiger partial charge in [-0.3, -0.25) is 5.32 Å². The fourth-order valence-electron chi connectivity index (χ4n) is 2.59. The van der Waals surface area contributed by atoms with E-state index in [9.17, 15) is 5.26 Å². The molecule has 4 nitrogen and oxygen atoms in total. The lowest BCUT2D eigenvalue weighted by Crippen LogP contribution is -2.49. The number of nitriles is 1. The SMILES string of the molecule is COc1ccc(CC2(C#N)CCCCN2)cc1OC. The summed E-state index contributed by atoms with van der Waals surface area (Å²) < 4.78 is 10.5. The molecule has 0 saturated carbocycles. The summed E-state index contributed by atoms with van der Waals surface area (Å²) in [6.45, 7) is 0.918. The number of benzene rings is 1. The molecule has 0 radical (unpaired) electrons. The van der Waals surface area contributed by atoms with E-state index in [2.05, 4.69) is 11.4 Å². The van der Waals surface area contributed by atoms with Crippen molar-refractivity contribution in [3.63, 3.8) is 0 Å². The van der Waals surface area contributed by atoms with Gasteiger partial charge in [0.15, 0.2) is 11.5 Å². The van der Waals surface area contributed by atoms with Crippen LogP contribution in [0.5, 0.6) is 11.5 Å². The van der Waals surface area contributed by atoms with Crippen molar-refractivity contribution in [2.75, 3.05) is 20.8 Å². The molecule has 19 heavy (non-hydrogen) atoms. The summed E-state index contributed by atoms with van der Waals surface area (Å²) in [5.74, 6) is 1.43. The molecular weight excluding hydrogens is 240 g/mol. The van der Waals surface area contributed by atoms with E-state index in [0.29, 0.717) is 17.9 Å². The summed E-state index contributed by atoms with van der Waals surface area (Å²) in [5.41, 5.74) is 0.659. The third kappa shape index (κ3) is 2.99. The van der Waals surface area contributed by atoms with Crippen molar-refractivity contribution >= 4 is 0 Å². The molecule has 1 atom stereocenters. The summed E-state index contributed by atoms with van der Waals surface area (Å²) >= 11 is 0. The molecule has 102 valence electrons. The van der Waals surface area contributed by atoms with Crippen LogP contribution < -0.4 is 14.8 Å². The Labute approximate surface area is 114 Å². The van der Waals surface area contributed by atoms with Crippen molar-refractivity contribution in [2.45, 2.75) is 31.2 Å². The minimum absolute atomic E-state index is 0.433. The number of hydrogen-bond acceptors (Lipinski definition) is 4. The number of rotatable bonds is 4. The van der Waals surface area contributed by atoms with Crippen molar-refractivity contribution in [1.82, 2.24) is 5.32 Å². The van der Waals surface area contributed by atoms with Gasteiger partial charge in [0.2, 0.25) is 0 Å². The highest BCUT2D eigenvalue weighted by molar-refractivity contribution is 5.43. The van der Waals surface area contributed by atoms with Gasteiger partial charge in [-0.25, -0.2) is 0 Å². The Hall–Kier alpha value is -1.73. The Morgan fingerprint density at radius 2 is 2.05 bits per heavy atom. The Balaban J connectivity index is 2.20. The highest BCUT2D eigenvalue weighted by Crippen LogP contribution is 2.30. The molecule has 4 heteroatoms. The number of nitrogens with one attached hydrogen (secondary N) is 1. The van der Waals surface area contributed by atoms with Crippen LogP contribution in [0.15, 0.2) is 18.2 Å². The molecular formula is C15H20N2O2. The number of piperidine rings is 1. The first-order chi connectivity index (χ1) is 9.23. The zero-order chi connectivity index (χ0) is 13.7. The van der Waals surface area contributed by atoms with Crippen molar-refractivity contribution in [2.24, 2.45) is 0 Å². The van der Waals surface area contributed by atoms with Gasteiger partial charge in [-0.1, -0.05) is 6.07 Å². The van der Waals surface area contributed by atoms with Crippen LogP contribution in [0.3, 0.4) is 0 Å². The second-order valence-corrected chi connectivity index (χ2v) is 4.94. The summed E-state index contributed by atoms with van der Waals surface area (Å²) in [7, 11) is 3.25. The molecule has 0 bridgehead atoms. The Bertz CT molecular complexity index is 474. The fraction of sp³-hybridized carbons (Fsp3) is 0.533. The van der Waals surface area contributed by atoms with Gasteiger partial charge in [0, 0.05) is 6.42 Å². The molecule has 0 aliphatic carbocycles. The monoisotopic (exact) mass is 260 g/mol. The van der Waals surface area contributed by atoms with Gasteiger partial charge in [0.05, 0.1) is 20.3 Å². The zero-order valence-electron chi connectivity index (χ0n) is 11.5. The molecule has 1 aliphatic rings. The highest BCUT2D eigenvalue weighted by Gasteiger charge is 2.31. The predicted octanol–water partition coefficient (Wildman–Crippen LogP) is 2.28. The van der Waals surface area contributed by atoms with E-state index < -0.39 is 5.54 Å². The van der Waals surface area contributed by atoms with Crippen LogP contribution >= 0.6 is 0 Å². The topological polar surface area (TPSA) is 54.3 Å². The van der Waals surface area contributed by atoms with Crippen LogP contribution in [0.25, 0.3) is 0 Å². The van der Waals surface area contributed by atoms with Crippen LogP contribution in [0, 0.1) is 11.3 Å². The summed E-state index contributed by atoms with van der Waals surface area (Å²) in [4.78, 5) is 0. The van der Waals surface area contributed by atoms with Crippen molar-refractivity contribution < 1.29 is 9.47 Å². The normalized spacial score (nSPS) is 22.6. The fourth-order valence-corrected chi connectivity index (χ4v) is 2.59. The van der Waals surface area contributed by atoms with Gasteiger partial charge in [-0.15, -0.1) is 0 Å². The maximum Gasteiger partial charge on any atom is 0.160 e. The lowest BCUT2D eigenvalue weighted by atomic mass is 9.84. The Morgan fingerprint density at radius 1 is 1.26 bits per heavy atom. The number of ether oxygens (including phenoxy) is 2. The van der Waals surface area contributed by atoms with E-state index in [4.69, 9.17) is 9.47 Å². The average Bonchev–Trinajstić information content (AvgIpc) is 2.48. The van der Waals surface area contributed by atoms with E-state index >= 15 is 0 Å². The molecule has 1 aliphatic heterocycles. The van der Waals surface area contributed by atoms with Gasteiger partial charge in [-0.2, -0.15) is 5.26 Å². The first kappa shape index (κ1) is 13.7. The molecule has 0 aromatic heterocycles. The molecule has 0 spiro atoms. The highest BCUT2D eigenvalue weighted by atomic mass is 16.5. The zero-order valence-corrected chi connectivity index (χ0v) is 11.5. The van der Waals surface area contributed by atoms with Gasteiger partial charge in [-0.05, 0) is 43.5 Å². The maximum atomic E-state index is 9.46. The van der Waals surface area contributed by atoms with Crippen LogP contribution in [0.2, 0.25) is 0 Å². The van der Waals surface area contributed by atoms with Crippen LogP contribution in [-0.2, 0) is 6.42 Å². The van der Waals surface area contributed by atoms with Crippen molar-refractivity contribution in [3.8, 4) is 17.6 Å². The molecule has 1 N–H and O–H groups in total. The minimum Gasteiger partial charge on any atom is -0.493 e. The van der Waals surface area contributed by atoms with Gasteiger partial charge in [0.1, 0.15) is 5.54 Å². The molecule has 1 aromatic carbocycles. The lowest BCUT2D eigenvalue weighted by Gasteiger charge is -2.32. The van der Waals surface area contributed by atoms with E-state index in [1.54, 1.807) is 14.2 Å². The van der Waals surface area contributed by atoms with Crippen LogP contribution in [-0.4, -0.2) is 26.3 Å². The first-order valence-corrected chi connectivity index (χ1v) is 6.60. The third-order valence-electron chi connectivity index (χ3n) is 3.66. The van der Waals surface area contributed by atoms with E-state index in [0.717, 1.165) is 31.4 Å². The average molecular weight is 260 g/mol. The van der Waals surface area contributed by atoms with Gasteiger partial charge >= 0.3 is 0 Å². The quantitative estimate of drug-likeness (QED) is 0.902. The molecule has 1 aromatic rings. The van der Waals surface area contributed by atoms with E-state index in [1.165, 1.54) is 0 Å². The lowest BCUT2D eigenvalue weighted by molar-refractivity contribution is 0.320. The summed E-state index contributed by atoms with van der Waals surface area (Å²) in [6, 6.07) is 8.29. The smallest absolute Gasteiger partial charge is 0.160 e. The molecule has 0 amide bonds. The van der Waals surface area contributed by atoms with E-state index in [1.807, 2.05) is 18.2 Å². The van der Waals surface area contributed by atoms with Crippen molar-refractivity contribution in [3.05, 3.63) is 23.8 Å². The Morgan fingerprint density at radius 3 is 2.63 bits per heavy atom. The van der Waals surface area contributed by atoms with Gasteiger partial charge < -0.3 is 9.47 Å². The minimum atomic E-state index is -0.433. The Kier molecular flexibility index (Phi) is 4.28. The van der Waals surface area contributed by atoms with Crippen LogP contribution in [0.4, 0.5) is 0 Å². The summed E-state index contributed by atoms with van der Waals surface area (Å²) in [5, 5.41) is 12.8. The predicted molar refractivity (Wildman–Crippen MR) is 73.4 cm³/mol. The van der Waals surface area contributed by atoms with Crippen LogP contribution in [0.1, 0.15) is 24.8 Å². The largest absolute Gasteiger partial charge is 0.493 e. The molecule has 1 unspecified atom stereocenters. The number of methoxy groups -OCH3 is 2. The second kappa shape index (κ2) is 5.94. The number of hydrogen-bond donors (Lipinski definition) is 1. The van der Waals surface area contributed by atoms with Crippen molar-refractivity contribution in [1.29, 1.82) is 5.26 Å². The van der Waals surface area contributed by atoms with Gasteiger partial charge in [0.25, 0.3) is 0 Å². The molecule has 1 saturated heterocycles. The maximum absolute atomic E-state index is 9.46. The molecule has 2 rings (SSSR count). The first-order valence-electron chi connectivity index (χ1n) is 6.60. The standard InChI is InChI=1S/C15H20N2O2/c1-18-13-6-5-12(9-14(13)19-2)10-15(11-16)7-3-4-8-17-15/h5-6,9,17H,3-4,7-8,10H2,1-2H3. The molecule has 1 heterocycles. The third-order valence-corrected chi connectivity index (χ3v) is 3.66. The second-order valence-electron chi connectivity index (χ2n) is 4.94. The number of nitrogens with zero attached hydrogens (tertiary/aromatic N) is 1. The summed E-state index contributed by atoms with van der Waals surface area (Å²) in [6.07, 6.45) is 3.85.